The maximum Gasteiger partial charge on any atom is 0.186 e. The first kappa shape index (κ1) is 10.9. The molecule has 0 aromatic heterocycles. The Morgan fingerprint density at radius 1 is 1.57 bits per heavy atom. The molecule has 0 aliphatic heterocycles. The highest BCUT2D eigenvalue weighted by atomic mass is 32.2. The van der Waals surface area contributed by atoms with Gasteiger partial charge >= 0.3 is 0 Å². The summed E-state index contributed by atoms with van der Waals surface area (Å²) < 4.78 is 24.3. The molecule has 1 aromatic carbocycles. The summed E-state index contributed by atoms with van der Waals surface area (Å²) in [6.45, 7) is 0.354. The van der Waals surface area contributed by atoms with Gasteiger partial charge in [-0.25, -0.2) is 4.21 Å². The van der Waals surface area contributed by atoms with Crippen LogP contribution in [0.3, 0.4) is 0 Å². The lowest BCUT2D eigenvalue weighted by Crippen LogP contribution is -1.88. The van der Waals surface area contributed by atoms with E-state index >= 15 is 0 Å². The van der Waals surface area contributed by atoms with Crippen LogP contribution in [0.2, 0.25) is 0 Å². The minimum Gasteiger partial charge on any atom is -0.372 e. The van der Waals surface area contributed by atoms with Crippen molar-refractivity contribution in [3.8, 4) is 11.8 Å². The molecule has 0 aliphatic rings. The van der Waals surface area contributed by atoms with E-state index in [9.17, 15) is 4.21 Å². The largest absolute Gasteiger partial charge is 0.372 e. The third-order valence-corrected chi connectivity index (χ3v) is 2.14. The predicted octanol–water partition coefficient (Wildman–Crippen LogP) is 1.27. The Bertz CT molecular complexity index is 390. The summed E-state index contributed by atoms with van der Waals surface area (Å²) in [5.74, 6) is 5.58. The molecule has 0 bridgehead atoms. The second kappa shape index (κ2) is 5.55. The molecule has 14 heavy (non-hydrogen) atoms. The van der Waals surface area contributed by atoms with Gasteiger partial charge in [-0.2, -0.15) is 0 Å². The predicted molar refractivity (Wildman–Crippen MR) is 54.2 cm³/mol. The lowest BCUT2D eigenvalue weighted by atomic mass is 10.2. The van der Waals surface area contributed by atoms with Crippen molar-refractivity contribution in [1.29, 1.82) is 0 Å². The molecule has 0 aliphatic carbocycles. The van der Waals surface area contributed by atoms with E-state index in [-0.39, 0.29) is 0 Å². The van der Waals surface area contributed by atoms with Gasteiger partial charge in [0.25, 0.3) is 0 Å². The Balaban J connectivity index is 2.85. The van der Waals surface area contributed by atoms with Crippen LogP contribution in [0, 0.1) is 11.8 Å². The number of methoxy groups -OCH3 is 1. The Kier molecular flexibility index (Phi) is 4.33. The van der Waals surface area contributed by atoms with Crippen molar-refractivity contribution >= 4 is 11.1 Å². The summed E-state index contributed by atoms with van der Waals surface area (Å²) in [4.78, 5) is 0.356. The van der Waals surface area contributed by atoms with Gasteiger partial charge in [0.05, 0.1) is 4.90 Å². The first-order chi connectivity index (χ1) is 6.74. The monoisotopic (exact) mass is 210 g/mol. The highest BCUT2D eigenvalue weighted by Gasteiger charge is 1.98. The average molecular weight is 210 g/mol. The topological polar surface area (TPSA) is 46.5 Å². The minimum atomic E-state index is -1.95. The standard InChI is InChI=1S/C10H10O3S/c1-13-7-3-5-9-4-2-6-10(8-9)14(11)12/h2,4,6,8H,7H2,1H3,(H,11,12). The molecule has 0 amide bonds. The Hall–Kier alpha value is -1.15. The van der Waals surface area contributed by atoms with Crippen LogP contribution < -0.4 is 0 Å². The van der Waals surface area contributed by atoms with Crippen molar-refractivity contribution in [2.45, 2.75) is 4.90 Å². The summed E-state index contributed by atoms with van der Waals surface area (Å²) in [5, 5.41) is 0. The zero-order chi connectivity index (χ0) is 10.4. The lowest BCUT2D eigenvalue weighted by molar-refractivity contribution is 0.240. The fourth-order valence-corrected chi connectivity index (χ4v) is 1.32. The number of hydrogen-bond acceptors (Lipinski definition) is 2. The van der Waals surface area contributed by atoms with Gasteiger partial charge in [-0.3, -0.25) is 0 Å². The normalized spacial score (nSPS) is 11.6. The van der Waals surface area contributed by atoms with Crippen LogP contribution in [0.25, 0.3) is 0 Å². The molecule has 4 heteroatoms. The highest BCUT2D eigenvalue weighted by molar-refractivity contribution is 7.79. The molecule has 0 saturated carbocycles. The second-order valence-electron chi connectivity index (χ2n) is 2.51. The molecule has 1 rings (SSSR count). The fourth-order valence-electron chi connectivity index (χ4n) is 0.893. The van der Waals surface area contributed by atoms with Crippen molar-refractivity contribution < 1.29 is 13.5 Å². The summed E-state index contributed by atoms with van der Waals surface area (Å²) in [5.41, 5.74) is 0.710. The summed E-state index contributed by atoms with van der Waals surface area (Å²) in [6.07, 6.45) is 0. The Labute approximate surface area is 85.4 Å². The molecule has 0 fully saturated rings. The lowest BCUT2D eigenvalue weighted by Gasteiger charge is -1.94. The van der Waals surface area contributed by atoms with E-state index in [0.29, 0.717) is 17.1 Å². The number of ether oxygens (including phenoxy) is 1. The third kappa shape index (κ3) is 3.30. The number of rotatable bonds is 2. The zero-order valence-corrected chi connectivity index (χ0v) is 8.50. The van der Waals surface area contributed by atoms with Gasteiger partial charge in [0, 0.05) is 12.7 Å². The van der Waals surface area contributed by atoms with Gasteiger partial charge in [0.2, 0.25) is 0 Å². The molecule has 1 atom stereocenters. The quantitative estimate of drug-likeness (QED) is 0.590. The molecule has 0 heterocycles. The van der Waals surface area contributed by atoms with E-state index in [2.05, 4.69) is 11.8 Å². The second-order valence-corrected chi connectivity index (χ2v) is 3.48. The van der Waals surface area contributed by atoms with E-state index in [1.54, 1.807) is 31.4 Å². The molecule has 0 spiro atoms. The van der Waals surface area contributed by atoms with Gasteiger partial charge in [-0.1, -0.05) is 17.9 Å². The summed E-state index contributed by atoms with van der Waals surface area (Å²) >= 11 is -1.95. The van der Waals surface area contributed by atoms with Crippen LogP contribution in [0.1, 0.15) is 5.56 Å². The molecule has 1 N–H and O–H groups in total. The SMILES string of the molecule is COCC#Cc1cccc(S(=O)O)c1. The molecule has 1 aromatic rings. The number of hydrogen-bond donors (Lipinski definition) is 1. The molecular weight excluding hydrogens is 200 g/mol. The van der Waals surface area contributed by atoms with E-state index in [0.717, 1.165) is 0 Å². The Morgan fingerprint density at radius 3 is 3.00 bits per heavy atom. The molecule has 0 radical (unpaired) electrons. The first-order valence-corrected chi connectivity index (χ1v) is 5.03. The van der Waals surface area contributed by atoms with Crippen LogP contribution in [-0.4, -0.2) is 22.5 Å². The van der Waals surface area contributed by atoms with Crippen LogP contribution in [0.15, 0.2) is 29.2 Å². The smallest absolute Gasteiger partial charge is 0.186 e. The van der Waals surface area contributed by atoms with Crippen molar-refractivity contribution in [3.63, 3.8) is 0 Å². The first-order valence-electron chi connectivity index (χ1n) is 3.93. The average Bonchev–Trinajstić information content (AvgIpc) is 2.19. The van der Waals surface area contributed by atoms with E-state index in [1.165, 1.54) is 0 Å². The Morgan fingerprint density at radius 2 is 2.36 bits per heavy atom. The fraction of sp³-hybridized carbons (Fsp3) is 0.200. The van der Waals surface area contributed by atoms with Crippen molar-refractivity contribution in [2.75, 3.05) is 13.7 Å². The maximum absolute atomic E-state index is 10.7. The molecule has 1 unspecified atom stereocenters. The highest BCUT2D eigenvalue weighted by Crippen LogP contribution is 2.06. The molecule has 0 saturated heterocycles. The van der Waals surface area contributed by atoms with Gasteiger partial charge in [0.1, 0.15) is 6.61 Å². The zero-order valence-electron chi connectivity index (χ0n) is 7.69. The number of benzene rings is 1. The van der Waals surface area contributed by atoms with Crippen LogP contribution in [0.5, 0.6) is 0 Å². The molecular formula is C10H10O3S. The van der Waals surface area contributed by atoms with Crippen molar-refractivity contribution in [3.05, 3.63) is 29.8 Å². The van der Waals surface area contributed by atoms with Crippen molar-refractivity contribution in [1.82, 2.24) is 0 Å². The van der Waals surface area contributed by atoms with Crippen LogP contribution in [0.4, 0.5) is 0 Å². The van der Waals surface area contributed by atoms with Gasteiger partial charge in [-0.05, 0) is 18.2 Å². The molecule has 74 valence electrons. The van der Waals surface area contributed by atoms with Crippen LogP contribution >= 0.6 is 0 Å². The third-order valence-electron chi connectivity index (χ3n) is 1.48. The van der Waals surface area contributed by atoms with Gasteiger partial charge < -0.3 is 9.29 Å². The van der Waals surface area contributed by atoms with E-state index < -0.39 is 11.1 Å². The van der Waals surface area contributed by atoms with Crippen LogP contribution in [-0.2, 0) is 15.8 Å². The van der Waals surface area contributed by atoms with Crippen molar-refractivity contribution in [2.24, 2.45) is 0 Å². The maximum atomic E-state index is 10.7. The van der Waals surface area contributed by atoms with E-state index in [4.69, 9.17) is 9.29 Å². The van der Waals surface area contributed by atoms with Gasteiger partial charge in [-0.15, -0.1) is 0 Å². The summed E-state index contributed by atoms with van der Waals surface area (Å²) in [7, 11) is 1.56. The van der Waals surface area contributed by atoms with E-state index in [1.807, 2.05) is 0 Å². The summed E-state index contributed by atoms with van der Waals surface area (Å²) in [6, 6.07) is 6.63. The minimum absolute atomic E-state index is 0.354. The molecule has 3 nitrogen and oxygen atoms in total. The van der Waals surface area contributed by atoms with Gasteiger partial charge in [0.15, 0.2) is 11.1 Å².